The fourth-order valence-corrected chi connectivity index (χ4v) is 7.58. The van der Waals surface area contributed by atoms with Crippen LogP contribution in [0.5, 0.6) is 11.5 Å². The van der Waals surface area contributed by atoms with Gasteiger partial charge in [0, 0.05) is 25.1 Å². The molecule has 1 atom stereocenters. The number of methoxy groups -OCH3 is 2. The van der Waals surface area contributed by atoms with Crippen molar-refractivity contribution in [1.82, 2.24) is 10.2 Å². The van der Waals surface area contributed by atoms with E-state index in [-0.39, 0.29) is 35.5 Å². The largest absolute Gasteiger partial charge is 0.493 e. The van der Waals surface area contributed by atoms with E-state index in [1.54, 1.807) is 30.3 Å². The molecule has 0 spiro atoms. The van der Waals surface area contributed by atoms with Gasteiger partial charge in [0.15, 0.2) is 11.5 Å². The molecule has 4 aromatic carbocycles. The van der Waals surface area contributed by atoms with Crippen molar-refractivity contribution in [3.63, 3.8) is 0 Å². The molecule has 2 amide bonds. The minimum Gasteiger partial charge on any atom is -0.493 e. The molecule has 1 aliphatic carbocycles. The van der Waals surface area contributed by atoms with Crippen LogP contribution in [0.3, 0.4) is 0 Å². The summed E-state index contributed by atoms with van der Waals surface area (Å²) in [5, 5.41) is 3.21. The standard InChI is InChI=1S/C38H43N3O6S/c1-28-13-12-16-30(23-28)26-40(34(24-29-14-6-4-7-15-29)38(43)39-31-17-10-11-18-31)37(42)27-41(48(44,45)33-19-8-5-9-20-33)32-21-22-35(46-2)36(25-32)47-3/h4-9,12-16,19-23,25,31,34H,10-11,17-18,24,26-27H2,1-3H3,(H,39,43)/t34-/m0/s1. The lowest BCUT2D eigenvalue weighted by atomic mass is 10.0. The molecule has 252 valence electrons. The maximum atomic E-state index is 14.7. The number of hydrogen-bond acceptors (Lipinski definition) is 6. The molecular weight excluding hydrogens is 627 g/mol. The number of amides is 2. The van der Waals surface area contributed by atoms with Gasteiger partial charge < -0.3 is 19.7 Å². The quantitative estimate of drug-likeness (QED) is 0.179. The number of aryl methyl sites for hydroxylation is 1. The minimum atomic E-state index is -4.24. The lowest BCUT2D eigenvalue weighted by Crippen LogP contribution is -2.54. The van der Waals surface area contributed by atoms with Gasteiger partial charge in [-0.2, -0.15) is 0 Å². The van der Waals surface area contributed by atoms with E-state index in [0.29, 0.717) is 11.5 Å². The molecule has 1 aliphatic rings. The van der Waals surface area contributed by atoms with E-state index in [1.165, 1.54) is 37.3 Å². The van der Waals surface area contributed by atoms with Gasteiger partial charge in [-0.25, -0.2) is 8.42 Å². The van der Waals surface area contributed by atoms with E-state index in [4.69, 9.17) is 9.47 Å². The molecule has 0 aliphatic heterocycles. The number of hydrogen-bond donors (Lipinski definition) is 1. The molecule has 1 fully saturated rings. The van der Waals surface area contributed by atoms with Gasteiger partial charge in [0.2, 0.25) is 11.8 Å². The van der Waals surface area contributed by atoms with Crippen LogP contribution in [-0.2, 0) is 32.6 Å². The van der Waals surface area contributed by atoms with Gasteiger partial charge in [-0.05, 0) is 55.2 Å². The molecule has 0 bridgehead atoms. The topological polar surface area (TPSA) is 105 Å². The van der Waals surface area contributed by atoms with Gasteiger partial charge in [0.1, 0.15) is 12.6 Å². The van der Waals surface area contributed by atoms with Crippen molar-refractivity contribution in [2.45, 2.75) is 62.6 Å². The van der Waals surface area contributed by atoms with Crippen molar-refractivity contribution < 1.29 is 27.5 Å². The first-order valence-corrected chi connectivity index (χ1v) is 17.6. The van der Waals surface area contributed by atoms with Gasteiger partial charge in [-0.3, -0.25) is 13.9 Å². The van der Waals surface area contributed by atoms with Crippen LogP contribution in [0, 0.1) is 6.92 Å². The molecule has 4 aromatic rings. The number of carbonyl (C=O) groups is 2. The second-order valence-electron chi connectivity index (χ2n) is 12.1. The Labute approximate surface area is 283 Å². The number of benzene rings is 4. The maximum Gasteiger partial charge on any atom is 0.264 e. The van der Waals surface area contributed by atoms with E-state index >= 15 is 0 Å². The predicted molar refractivity (Wildman–Crippen MR) is 187 cm³/mol. The fourth-order valence-electron chi connectivity index (χ4n) is 6.16. The average molecular weight is 670 g/mol. The Hall–Kier alpha value is -4.83. The van der Waals surface area contributed by atoms with E-state index in [2.05, 4.69) is 5.32 Å². The van der Waals surface area contributed by atoms with Crippen LogP contribution < -0.4 is 19.1 Å². The highest BCUT2D eigenvalue weighted by Crippen LogP contribution is 2.34. The number of anilines is 1. The third-order valence-electron chi connectivity index (χ3n) is 8.67. The van der Waals surface area contributed by atoms with Crippen molar-refractivity contribution in [2.24, 2.45) is 0 Å². The normalized spacial score (nSPS) is 13.8. The molecule has 9 nitrogen and oxygen atoms in total. The highest BCUT2D eigenvalue weighted by molar-refractivity contribution is 7.92. The van der Waals surface area contributed by atoms with Gasteiger partial charge in [-0.15, -0.1) is 0 Å². The van der Waals surface area contributed by atoms with E-state index in [9.17, 15) is 18.0 Å². The molecule has 0 aromatic heterocycles. The van der Waals surface area contributed by atoms with Gasteiger partial charge >= 0.3 is 0 Å². The molecule has 5 rings (SSSR count). The second-order valence-corrected chi connectivity index (χ2v) is 13.9. The SMILES string of the molecule is COc1ccc(N(CC(=O)N(Cc2cccc(C)c2)[C@@H](Cc2ccccc2)C(=O)NC2CCCC2)S(=O)(=O)c2ccccc2)cc1OC. The highest BCUT2D eigenvalue weighted by Gasteiger charge is 2.36. The first-order chi connectivity index (χ1) is 23.2. The number of nitrogens with one attached hydrogen (secondary N) is 1. The lowest BCUT2D eigenvalue weighted by molar-refractivity contribution is -0.140. The van der Waals surface area contributed by atoms with Crippen LogP contribution in [0.25, 0.3) is 0 Å². The van der Waals surface area contributed by atoms with Gasteiger partial charge in [0.05, 0.1) is 24.8 Å². The van der Waals surface area contributed by atoms with E-state index < -0.39 is 28.5 Å². The molecule has 0 heterocycles. The first kappa shape index (κ1) is 34.5. The molecule has 0 saturated heterocycles. The van der Waals surface area contributed by atoms with Crippen LogP contribution in [0.1, 0.15) is 42.4 Å². The van der Waals surface area contributed by atoms with Gasteiger partial charge in [0.25, 0.3) is 10.0 Å². The Bertz CT molecular complexity index is 1790. The Kier molecular flexibility index (Phi) is 11.4. The van der Waals surface area contributed by atoms with E-state index in [0.717, 1.165) is 46.7 Å². The summed E-state index contributed by atoms with van der Waals surface area (Å²) in [6.07, 6.45) is 4.12. The summed E-state index contributed by atoms with van der Waals surface area (Å²) in [4.78, 5) is 30.5. The van der Waals surface area contributed by atoms with Crippen molar-refractivity contribution in [2.75, 3.05) is 25.1 Å². The summed E-state index contributed by atoms with van der Waals surface area (Å²) < 4.78 is 40.5. The minimum absolute atomic E-state index is 0.0256. The summed E-state index contributed by atoms with van der Waals surface area (Å²) in [6, 6.07) is 29.2. The number of sulfonamides is 1. The summed E-state index contributed by atoms with van der Waals surface area (Å²) in [5.41, 5.74) is 2.95. The Balaban J connectivity index is 1.59. The average Bonchev–Trinajstić information content (AvgIpc) is 3.62. The number of carbonyl (C=O) groups excluding carboxylic acids is 2. The molecule has 1 saturated carbocycles. The zero-order valence-corrected chi connectivity index (χ0v) is 28.5. The van der Waals surface area contributed by atoms with Crippen molar-refractivity contribution >= 4 is 27.5 Å². The third kappa shape index (κ3) is 8.36. The zero-order chi connectivity index (χ0) is 34.1. The lowest BCUT2D eigenvalue weighted by Gasteiger charge is -2.34. The number of ether oxygens (including phenoxy) is 2. The highest BCUT2D eigenvalue weighted by atomic mass is 32.2. The smallest absolute Gasteiger partial charge is 0.264 e. The van der Waals surface area contributed by atoms with Crippen LogP contribution >= 0.6 is 0 Å². The first-order valence-electron chi connectivity index (χ1n) is 16.2. The van der Waals surface area contributed by atoms with E-state index in [1.807, 2.05) is 61.5 Å². The monoisotopic (exact) mass is 669 g/mol. The second kappa shape index (κ2) is 15.8. The van der Waals surface area contributed by atoms with Crippen molar-refractivity contribution in [3.05, 3.63) is 120 Å². The third-order valence-corrected chi connectivity index (χ3v) is 10.5. The summed E-state index contributed by atoms with van der Waals surface area (Å²) in [5.74, 6) is -0.0499. The predicted octanol–water partition coefficient (Wildman–Crippen LogP) is 5.91. The van der Waals surface area contributed by atoms with Crippen molar-refractivity contribution in [1.29, 1.82) is 0 Å². The Morgan fingerprint density at radius 1 is 0.812 bits per heavy atom. The molecule has 0 unspecified atom stereocenters. The van der Waals surface area contributed by atoms with Crippen LogP contribution in [0.2, 0.25) is 0 Å². The van der Waals surface area contributed by atoms with Crippen LogP contribution in [0.15, 0.2) is 108 Å². The Morgan fingerprint density at radius 3 is 2.10 bits per heavy atom. The Morgan fingerprint density at radius 2 is 1.46 bits per heavy atom. The van der Waals surface area contributed by atoms with Gasteiger partial charge in [-0.1, -0.05) is 91.2 Å². The molecule has 1 N–H and O–H groups in total. The number of rotatable bonds is 14. The van der Waals surface area contributed by atoms with Crippen LogP contribution in [-0.4, -0.2) is 58.0 Å². The molecule has 48 heavy (non-hydrogen) atoms. The number of nitrogens with zero attached hydrogens (tertiary/aromatic N) is 2. The van der Waals surface area contributed by atoms with Crippen molar-refractivity contribution in [3.8, 4) is 11.5 Å². The molecule has 10 heteroatoms. The zero-order valence-electron chi connectivity index (χ0n) is 27.7. The summed E-state index contributed by atoms with van der Waals surface area (Å²) in [6.45, 7) is 1.52. The molecular formula is C38H43N3O6S. The summed E-state index contributed by atoms with van der Waals surface area (Å²) in [7, 11) is -1.29. The summed E-state index contributed by atoms with van der Waals surface area (Å²) >= 11 is 0. The molecule has 0 radical (unpaired) electrons. The maximum absolute atomic E-state index is 14.7. The van der Waals surface area contributed by atoms with Crippen LogP contribution in [0.4, 0.5) is 5.69 Å². The fraction of sp³-hybridized carbons (Fsp3) is 0.316.